The van der Waals surface area contributed by atoms with Crippen LogP contribution in [0.3, 0.4) is 0 Å². The molecule has 1 aliphatic rings. The van der Waals surface area contributed by atoms with Gasteiger partial charge in [-0.1, -0.05) is 53.2 Å². The van der Waals surface area contributed by atoms with Gasteiger partial charge in [0.2, 0.25) is 5.67 Å². The van der Waals surface area contributed by atoms with Crippen molar-refractivity contribution in [2.75, 3.05) is 6.54 Å². The zero-order valence-electron chi connectivity index (χ0n) is 19.4. The Balaban J connectivity index is 1.46. The molecule has 4 rings (SSSR count). The summed E-state index contributed by atoms with van der Waals surface area (Å²) in [5.74, 6) is -3.59. The number of hydrogen-bond donors (Lipinski definition) is 1. The van der Waals surface area contributed by atoms with Crippen LogP contribution in [-0.4, -0.2) is 40.0 Å². The van der Waals surface area contributed by atoms with Crippen molar-refractivity contribution in [2.24, 2.45) is 5.18 Å². The number of nitroso groups, excluding NO2 is 1. The minimum Gasteiger partial charge on any atom is -0.479 e. The van der Waals surface area contributed by atoms with Gasteiger partial charge in [-0.15, -0.1) is 0 Å². The van der Waals surface area contributed by atoms with Gasteiger partial charge in [0.1, 0.15) is 11.9 Å². The third-order valence-corrected chi connectivity index (χ3v) is 6.65. The number of alkyl halides is 1. The van der Waals surface area contributed by atoms with E-state index in [-0.39, 0.29) is 35.2 Å². The van der Waals surface area contributed by atoms with Crippen molar-refractivity contribution in [3.05, 3.63) is 99.2 Å². The van der Waals surface area contributed by atoms with Gasteiger partial charge in [-0.2, -0.15) is 4.91 Å². The van der Waals surface area contributed by atoms with Gasteiger partial charge in [-0.3, -0.25) is 14.5 Å². The van der Waals surface area contributed by atoms with E-state index in [1.54, 1.807) is 36.4 Å². The average molecular weight is 527 g/mol. The number of amides is 2. The van der Waals surface area contributed by atoms with Crippen LogP contribution >= 0.6 is 11.6 Å². The van der Waals surface area contributed by atoms with Gasteiger partial charge in [0, 0.05) is 23.6 Å². The molecule has 0 aromatic heterocycles. The number of carboxylic acids is 1. The number of carboxylic acid groups (broad SMARTS) is 1. The van der Waals surface area contributed by atoms with E-state index in [1.807, 2.05) is 0 Å². The molecule has 0 saturated heterocycles. The molecule has 10 heteroatoms. The molecule has 3 aromatic carbocycles. The Labute approximate surface area is 215 Å². The number of imide groups is 1. The van der Waals surface area contributed by atoms with E-state index in [0.29, 0.717) is 10.6 Å². The first kappa shape index (κ1) is 26.1. The van der Waals surface area contributed by atoms with Crippen LogP contribution in [0.15, 0.2) is 71.9 Å². The van der Waals surface area contributed by atoms with Gasteiger partial charge in [-0.05, 0) is 54.3 Å². The smallest absolute Gasteiger partial charge is 0.341 e. The van der Waals surface area contributed by atoms with E-state index < -0.39 is 48.2 Å². The Morgan fingerprint density at radius 3 is 2.16 bits per heavy atom. The van der Waals surface area contributed by atoms with Gasteiger partial charge in [0.15, 0.2) is 0 Å². The maximum absolute atomic E-state index is 15.6. The molecule has 3 aromatic rings. The Bertz CT molecular complexity index is 1350. The summed E-state index contributed by atoms with van der Waals surface area (Å²) >= 11 is 5.86. The number of halogens is 3. The minimum absolute atomic E-state index is 0.0221. The Kier molecular flexibility index (Phi) is 7.45. The highest BCUT2D eigenvalue weighted by Gasteiger charge is 2.42. The highest BCUT2D eigenvalue weighted by Crippen LogP contribution is 2.36. The zero-order chi connectivity index (χ0) is 26.7. The minimum atomic E-state index is -2.90. The molecule has 0 aliphatic carbocycles. The number of fused-ring (bicyclic) bond motifs is 1. The summed E-state index contributed by atoms with van der Waals surface area (Å²) < 4.78 is 30.4. The number of nitrogens with zero attached hydrogens (tertiary/aromatic N) is 2. The third kappa shape index (κ3) is 5.27. The van der Waals surface area contributed by atoms with E-state index in [9.17, 15) is 28.8 Å². The summed E-state index contributed by atoms with van der Waals surface area (Å²) in [6.45, 7) is -0.200. The fourth-order valence-electron chi connectivity index (χ4n) is 4.38. The molecule has 0 bridgehead atoms. The van der Waals surface area contributed by atoms with Gasteiger partial charge in [-0.25, -0.2) is 13.6 Å². The van der Waals surface area contributed by atoms with Crippen molar-refractivity contribution in [3.63, 3.8) is 0 Å². The lowest BCUT2D eigenvalue weighted by Gasteiger charge is -2.24. The second kappa shape index (κ2) is 10.6. The zero-order valence-corrected chi connectivity index (χ0v) is 20.1. The van der Waals surface area contributed by atoms with Gasteiger partial charge < -0.3 is 5.11 Å². The lowest BCUT2D eigenvalue weighted by atomic mass is 9.88. The van der Waals surface area contributed by atoms with Crippen molar-refractivity contribution >= 4 is 29.4 Å². The molecule has 1 heterocycles. The first-order valence-electron chi connectivity index (χ1n) is 11.4. The topological polar surface area (TPSA) is 104 Å². The predicted molar refractivity (Wildman–Crippen MR) is 133 cm³/mol. The first-order chi connectivity index (χ1) is 17.6. The lowest BCUT2D eigenvalue weighted by molar-refractivity contribution is -0.152. The van der Waals surface area contributed by atoms with Gasteiger partial charge in [0.05, 0.1) is 11.1 Å². The fraction of sp³-hybridized carbons (Fsp3) is 0.222. The SMILES string of the molecule is O=NC(CC(F)(CCCN1C(=O)c2ccccc2C1=O)C(=O)O)c1ccc(-c2ccc(Cl)cc2)c(F)c1. The second-order valence-corrected chi connectivity index (χ2v) is 9.19. The van der Waals surface area contributed by atoms with Crippen LogP contribution < -0.4 is 0 Å². The molecule has 0 saturated carbocycles. The number of carbonyl (C=O) groups is 3. The van der Waals surface area contributed by atoms with E-state index in [4.69, 9.17) is 11.6 Å². The number of benzene rings is 3. The van der Waals surface area contributed by atoms with Gasteiger partial charge in [0.25, 0.3) is 11.8 Å². The summed E-state index contributed by atoms with van der Waals surface area (Å²) in [7, 11) is 0. The summed E-state index contributed by atoms with van der Waals surface area (Å²) in [6, 6.07) is 15.0. The number of rotatable bonds is 10. The summed E-state index contributed by atoms with van der Waals surface area (Å²) in [5.41, 5.74) is -1.67. The Hall–Kier alpha value is -3.98. The lowest BCUT2D eigenvalue weighted by Crippen LogP contribution is -2.37. The second-order valence-electron chi connectivity index (χ2n) is 8.75. The molecule has 0 fully saturated rings. The number of aliphatic carboxylic acids is 1. The molecular formula is C27H21ClF2N2O5. The van der Waals surface area contributed by atoms with Gasteiger partial charge >= 0.3 is 5.97 Å². The van der Waals surface area contributed by atoms with Crippen LogP contribution in [-0.2, 0) is 4.79 Å². The largest absolute Gasteiger partial charge is 0.479 e. The average Bonchev–Trinajstić information content (AvgIpc) is 3.13. The Morgan fingerprint density at radius 1 is 1.00 bits per heavy atom. The molecule has 190 valence electrons. The van der Waals surface area contributed by atoms with E-state index in [2.05, 4.69) is 5.18 Å². The van der Waals surface area contributed by atoms with Crippen molar-refractivity contribution in [2.45, 2.75) is 31.0 Å². The summed E-state index contributed by atoms with van der Waals surface area (Å²) in [4.78, 5) is 49.3. The van der Waals surface area contributed by atoms with Crippen LogP contribution in [0.1, 0.15) is 51.6 Å². The molecule has 2 amide bonds. The third-order valence-electron chi connectivity index (χ3n) is 6.39. The normalized spacial score (nSPS) is 15.3. The molecule has 2 unspecified atom stereocenters. The van der Waals surface area contributed by atoms with E-state index in [1.165, 1.54) is 24.3 Å². The molecule has 37 heavy (non-hydrogen) atoms. The molecule has 0 spiro atoms. The molecule has 1 aliphatic heterocycles. The van der Waals surface area contributed by atoms with E-state index in [0.717, 1.165) is 11.0 Å². The van der Waals surface area contributed by atoms with E-state index >= 15 is 4.39 Å². The van der Waals surface area contributed by atoms with Crippen molar-refractivity contribution in [3.8, 4) is 11.1 Å². The maximum Gasteiger partial charge on any atom is 0.341 e. The quantitative estimate of drug-likeness (QED) is 0.250. The van der Waals surface area contributed by atoms with Crippen LogP contribution in [0.4, 0.5) is 8.78 Å². The number of hydrogen-bond acceptors (Lipinski definition) is 5. The first-order valence-corrected chi connectivity index (χ1v) is 11.8. The maximum atomic E-state index is 15.6. The molecule has 0 radical (unpaired) electrons. The highest BCUT2D eigenvalue weighted by molar-refractivity contribution is 6.30. The molecule has 7 nitrogen and oxygen atoms in total. The fourth-order valence-corrected chi connectivity index (χ4v) is 4.51. The Morgan fingerprint density at radius 2 is 1.62 bits per heavy atom. The standard InChI is InChI=1S/C27H21ClF2N2O5/c28-18-9-6-16(7-10-18)19-11-8-17(14-22(19)29)23(31-37)15-27(30,26(35)36)12-3-13-32-24(33)20-4-1-2-5-21(20)25(32)34/h1-2,4-11,14,23H,3,12-13,15H2,(H,35,36). The van der Waals surface area contributed by atoms with Crippen molar-refractivity contribution < 1.29 is 28.3 Å². The van der Waals surface area contributed by atoms with Crippen LogP contribution in [0, 0.1) is 10.7 Å². The van der Waals surface area contributed by atoms with Crippen LogP contribution in [0.5, 0.6) is 0 Å². The highest BCUT2D eigenvalue weighted by atomic mass is 35.5. The van der Waals surface area contributed by atoms with Crippen LogP contribution in [0.2, 0.25) is 5.02 Å². The monoisotopic (exact) mass is 526 g/mol. The summed E-state index contributed by atoms with van der Waals surface area (Å²) in [5, 5.41) is 12.9. The van der Waals surface area contributed by atoms with Crippen LogP contribution in [0.25, 0.3) is 11.1 Å². The molecule has 1 N–H and O–H groups in total. The molecule has 2 atom stereocenters. The predicted octanol–water partition coefficient (Wildman–Crippen LogP) is 6.21. The van der Waals surface area contributed by atoms with Crippen molar-refractivity contribution in [1.29, 1.82) is 0 Å². The number of carbonyl (C=O) groups excluding carboxylic acids is 2. The molecular weight excluding hydrogens is 506 g/mol. The summed E-state index contributed by atoms with van der Waals surface area (Å²) in [6.07, 6.45) is -1.59. The van der Waals surface area contributed by atoms with Crippen molar-refractivity contribution in [1.82, 2.24) is 4.90 Å².